The zero-order valence-electron chi connectivity index (χ0n) is 16.9. The van der Waals surface area contributed by atoms with E-state index in [4.69, 9.17) is 18.9 Å². The maximum atomic E-state index is 12.4. The van der Waals surface area contributed by atoms with E-state index in [-0.39, 0.29) is 12.0 Å². The first-order valence-electron chi connectivity index (χ1n) is 9.63. The number of nitrogens with one attached hydrogen (secondary N) is 1. The molecule has 0 aliphatic carbocycles. The molecule has 7 nitrogen and oxygen atoms in total. The van der Waals surface area contributed by atoms with Crippen molar-refractivity contribution >= 4 is 17.7 Å². The third kappa shape index (κ3) is 5.48. The van der Waals surface area contributed by atoms with Gasteiger partial charge < -0.3 is 24.3 Å². The number of carbonyl (C=O) groups excluding carboxylic acids is 1. The second-order valence-corrected chi connectivity index (χ2v) is 6.58. The summed E-state index contributed by atoms with van der Waals surface area (Å²) in [5.74, 6) is 1.62. The van der Waals surface area contributed by atoms with Gasteiger partial charge in [0.2, 0.25) is 11.8 Å². The number of anilines is 1. The molecule has 0 spiro atoms. The number of benzene rings is 1. The lowest BCUT2D eigenvalue weighted by Gasteiger charge is -2.11. The number of carbonyl (C=O) groups is 1. The van der Waals surface area contributed by atoms with Gasteiger partial charge in [0.15, 0.2) is 0 Å². The summed E-state index contributed by atoms with van der Waals surface area (Å²) in [6, 6.07) is 7.37. The van der Waals surface area contributed by atoms with Crippen LogP contribution in [0.4, 0.5) is 5.69 Å². The molecule has 7 heteroatoms. The topological polar surface area (TPSA) is 78.9 Å². The predicted molar refractivity (Wildman–Crippen MR) is 111 cm³/mol. The van der Waals surface area contributed by atoms with E-state index in [2.05, 4.69) is 10.3 Å². The van der Waals surface area contributed by atoms with Gasteiger partial charge in [0.1, 0.15) is 29.9 Å². The van der Waals surface area contributed by atoms with Crippen LogP contribution in [0, 0.1) is 0 Å². The van der Waals surface area contributed by atoms with E-state index in [1.54, 1.807) is 31.5 Å². The van der Waals surface area contributed by atoms with Crippen LogP contribution in [0.1, 0.15) is 25.0 Å². The molecule has 0 bridgehead atoms. The number of hydrogen-bond acceptors (Lipinski definition) is 6. The zero-order chi connectivity index (χ0) is 20.6. The molecule has 3 rings (SSSR count). The first kappa shape index (κ1) is 20.7. The highest BCUT2D eigenvalue weighted by Gasteiger charge is 2.21. The van der Waals surface area contributed by atoms with Crippen molar-refractivity contribution in [1.29, 1.82) is 0 Å². The predicted octanol–water partition coefficient (Wildman–Crippen LogP) is 3.48. The van der Waals surface area contributed by atoms with E-state index in [9.17, 15) is 4.79 Å². The number of methoxy groups -OCH3 is 1. The third-order valence-corrected chi connectivity index (χ3v) is 4.30. The van der Waals surface area contributed by atoms with Crippen molar-refractivity contribution in [2.75, 3.05) is 32.2 Å². The van der Waals surface area contributed by atoms with Crippen LogP contribution in [0.5, 0.6) is 17.4 Å². The number of nitrogens with zero attached hydrogens (tertiary/aromatic N) is 1. The molecule has 1 aliphatic heterocycles. The summed E-state index contributed by atoms with van der Waals surface area (Å²) in [4.78, 5) is 16.6. The van der Waals surface area contributed by atoms with Crippen LogP contribution in [0.3, 0.4) is 0 Å². The van der Waals surface area contributed by atoms with Crippen molar-refractivity contribution in [2.24, 2.45) is 0 Å². The molecule has 1 aromatic carbocycles. The SMILES string of the molecule is CCOc1cc2c(cc1/C=C/C(=O)Nc1cccnc1OCCOC)OC(C)C2. The van der Waals surface area contributed by atoms with Gasteiger partial charge in [-0.1, -0.05) is 0 Å². The van der Waals surface area contributed by atoms with Crippen molar-refractivity contribution in [2.45, 2.75) is 26.4 Å². The molecule has 1 aromatic heterocycles. The first-order valence-corrected chi connectivity index (χ1v) is 9.63. The van der Waals surface area contributed by atoms with Crippen molar-refractivity contribution < 1.29 is 23.7 Å². The van der Waals surface area contributed by atoms with E-state index < -0.39 is 0 Å². The Morgan fingerprint density at radius 2 is 2.21 bits per heavy atom. The molecular weight excluding hydrogens is 372 g/mol. The summed E-state index contributed by atoms with van der Waals surface area (Å²) < 4.78 is 22.1. The molecule has 1 aliphatic rings. The number of ether oxygens (including phenoxy) is 4. The highest BCUT2D eigenvalue weighted by molar-refractivity contribution is 6.02. The Morgan fingerprint density at radius 1 is 1.34 bits per heavy atom. The highest BCUT2D eigenvalue weighted by Crippen LogP contribution is 2.35. The first-order chi connectivity index (χ1) is 14.1. The van der Waals surface area contributed by atoms with Crippen LogP contribution in [0.25, 0.3) is 6.08 Å². The van der Waals surface area contributed by atoms with E-state index >= 15 is 0 Å². The monoisotopic (exact) mass is 398 g/mol. The maximum absolute atomic E-state index is 12.4. The highest BCUT2D eigenvalue weighted by atomic mass is 16.5. The number of aromatic nitrogens is 1. The van der Waals surface area contributed by atoms with Crippen LogP contribution in [-0.2, 0) is 16.0 Å². The summed E-state index contributed by atoms with van der Waals surface area (Å²) in [7, 11) is 1.59. The molecule has 29 heavy (non-hydrogen) atoms. The lowest BCUT2D eigenvalue weighted by molar-refractivity contribution is -0.111. The van der Waals surface area contributed by atoms with Gasteiger partial charge in [0.05, 0.1) is 13.2 Å². The van der Waals surface area contributed by atoms with Crippen molar-refractivity contribution in [3.63, 3.8) is 0 Å². The lowest BCUT2D eigenvalue weighted by Crippen LogP contribution is -2.12. The quantitative estimate of drug-likeness (QED) is 0.515. The molecule has 0 fully saturated rings. The van der Waals surface area contributed by atoms with Crippen LogP contribution in [0.2, 0.25) is 0 Å². The van der Waals surface area contributed by atoms with E-state index in [1.165, 1.54) is 6.08 Å². The van der Waals surface area contributed by atoms with Crippen LogP contribution < -0.4 is 19.5 Å². The number of rotatable bonds is 9. The van der Waals surface area contributed by atoms with Crippen molar-refractivity contribution in [3.05, 3.63) is 47.7 Å². The number of pyridine rings is 1. The molecule has 1 N–H and O–H groups in total. The van der Waals surface area contributed by atoms with Crippen LogP contribution in [-0.4, -0.2) is 43.9 Å². The average molecular weight is 398 g/mol. The number of amides is 1. The van der Waals surface area contributed by atoms with E-state index in [1.807, 2.05) is 26.0 Å². The minimum atomic E-state index is -0.299. The fraction of sp³-hybridized carbons (Fsp3) is 0.364. The Kier molecular flexibility index (Phi) is 7.08. The summed E-state index contributed by atoms with van der Waals surface area (Å²) in [5.41, 5.74) is 2.41. The zero-order valence-corrected chi connectivity index (χ0v) is 16.9. The molecule has 1 amide bonds. The van der Waals surface area contributed by atoms with Gasteiger partial charge in [-0.15, -0.1) is 0 Å². The summed E-state index contributed by atoms with van der Waals surface area (Å²) in [6.45, 7) is 5.28. The summed E-state index contributed by atoms with van der Waals surface area (Å²) in [5, 5.41) is 2.79. The van der Waals surface area contributed by atoms with Crippen molar-refractivity contribution in [3.8, 4) is 17.4 Å². The largest absolute Gasteiger partial charge is 0.493 e. The summed E-state index contributed by atoms with van der Waals surface area (Å²) in [6.07, 6.45) is 5.77. The van der Waals surface area contributed by atoms with Gasteiger partial charge in [-0.2, -0.15) is 0 Å². The Morgan fingerprint density at radius 3 is 3.00 bits per heavy atom. The summed E-state index contributed by atoms with van der Waals surface area (Å²) >= 11 is 0. The van der Waals surface area contributed by atoms with E-state index in [0.717, 1.165) is 29.0 Å². The second-order valence-electron chi connectivity index (χ2n) is 6.58. The minimum Gasteiger partial charge on any atom is -0.493 e. The molecule has 1 atom stereocenters. The molecule has 0 saturated carbocycles. The standard InChI is InChI=1S/C22H26N2O5/c1-4-27-19-14-17-12-15(2)29-20(17)13-16(19)7-8-21(25)24-18-6-5-9-23-22(18)28-11-10-26-3/h5-9,13-15H,4,10-12H2,1-3H3,(H,24,25)/b8-7+. The second kappa shape index (κ2) is 9.93. The smallest absolute Gasteiger partial charge is 0.248 e. The van der Waals surface area contributed by atoms with Crippen LogP contribution >= 0.6 is 0 Å². The van der Waals surface area contributed by atoms with Gasteiger partial charge in [0.25, 0.3) is 0 Å². The molecular formula is C22H26N2O5. The molecule has 0 radical (unpaired) electrons. The number of hydrogen-bond donors (Lipinski definition) is 1. The molecule has 154 valence electrons. The van der Waals surface area contributed by atoms with Gasteiger partial charge in [-0.3, -0.25) is 4.79 Å². The lowest BCUT2D eigenvalue weighted by atomic mass is 10.1. The van der Waals surface area contributed by atoms with Gasteiger partial charge in [-0.25, -0.2) is 4.98 Å². The normalized spacial score (nSPS) is 15.1. The maximum Gasteiger partial charge on any atom is 0.248 e. The van der Waals surface area contributed by atoms with E-state index in [0.29, 0.717) is 31.4 Å². The fourth-order valence-electron chi connectivity index (χ4n) is 3.03. The Hall–Kier alpha value is -3.06. The molecule has 0 saturated heterocycles. The Balaban J connectivity index is 1.72. The molecule has 2 aromatic rings. The average Bonchev–Trinajstić information content (AvgIpc) is 3.06. The van der Waals surface area contributed by atoms with Gasteiger partial charge in [-0.05, 0) is 44.2 Å². The Labute approximate surface area is 170 Å². The Bertz CT molecular complexity index is 882. The third-order valence-electron chi connectivity index (χ3n) is 4.30. The van der Waals surface area contributed by atoms with Gasteiger partial charge in [0, 0.05) is 36.9 Å². The number of fused-ring (bicyclic) bond motifs is 1. The fourth-order valence-corrected chi connectivity index (χ4v) is 3.03. The molecule has 1 unspecified atom stereocenters. The van der Waals surface area contributed by atoms with Crippen LogP contribution in [0.15, 0.2) is 36.5 Å². The molecule has 2 heterocycles. The van der Waals surface area contributed by atoms with Crippen molar-refractivity contribution in [1.82, 2.24) is 4.98 Å². The van der Waals surface area contributed by atoms with Gasteiger partial charge >= 0.3 is 0 Å². The minimum absolute atomic E-state index is 0.143.